The van der Waals surface area contributed by atoms with Gasteiger partial charge in [0.15, 0.2) is 0 Å². The van der Waals surface area contributed by atoms with Crippen LogP contribution in [0.4, 0.5) is 0 Å². The molecule has 2 aromatic rings. The highest BCUT2D eigenvalue weighted by molar-refractivity contribution is 7.18. The van der Waals surface area contributed by atoms with Gasteiger partial charge in [0.25, 0.3) is 0 Å². The van der Waals surface area contributed by atoms with Crippen molar-refractivity contribution in [2.75, 3.05) is 0 Å². The van der Waals surface area contributed by atoms with Crippen LogP contribution in [0.3, 0.4) is 0 Å². The molecule has 22 heavy (non-hydrogen) atoms. The van der Waals surface area contributed by atoms with Gasteiger partial charge in [-0.05, 0) is 37.8 Å². The van der Waals surface area contributed by atoms with Crippen LogP contribution in [0.2, 0.25) is 0 Å². The van der Waals surface area contributed by atoms with Gasteiger partial charge in [-0.2, -0.15) is 0 Å². The normalized spacial score (nSPS) is 23.8. The summed E-state index contributed by atoms with van der Waals surface area (Å²) < 4.78 is 6.44. The molecule has 0 aromatic heterocycles. The summed E-state index contributed by atoms with van der Waals surface area (Å²) in [6.07, 6.45) is 2.40. The Labute approximate surface area is 139 Å². The van der Waals surface area contributed by atoms with Crippen molar-refractivity contribution >= 4 is 18.7 Å². The third kappa shape index (κ3) is 3.01. The largest absolute Gasteiger partial charge is 0.400 e. The summed E-state index contributed by atoms with van der Waals surface area (Å²) in [5.74, 6) is 0. The van der Waals surface area contributed by atoms with Crippen LogP contribution < -0.4 is 0 Å². The standard InChI is InChI=1S/C19H23ClOSi/c1-15(2)21-22(20)18(16-9-5-3-6-10-16)13-14-19(22)17-11-7-4-8-12-17/h3-12,15,18-19H,13-14H2,1-2H3/t18-,19-/m1/s1. The van der Waals surface area contributed by atoms with E-state index in [1.165, 1.54) is 11.1 Å². The molecule has 0 aliphatic carbocycles. The topological polar surface area (TPSA) is 9.23 Å². The van der Waals surface area contributed by atoms with E-state index in [-0.39, 0.29) is 6.10 Å². The molecule has 1 nitrogen and oxygen atoms in total. The molecular formula is C19H23ClOSi. The van der Waals surface area contributed by atoms with Crippen molar-refractivity contribution < 1.29 is 4.43 Å². The lowest BCUT2D eigenvalue weighted by Crippen LogP contribution is -2.43. The van der Waals surface area contributed by atoms with Crippen LogP contribution >= 0.6 is 11.1 Å². The molecule has 1 aliphatic heterocycles. The van der Waals surface area contributed by atoms with E-state index in [0.29, 0.717) is 11.1 Å². The summed E-state index contributed by atoms with van der Waals surface area (Å²) in [4.78, 5) is 0. The fraction of sp³-hybridized carbons (Fsp3) is 0.368. The van der Waals surface area contributed by atoms with Crippen molar-refractivity contribution in [3.63, 3.8) is 0 Å². The van der Waals surface area contributed by atoms with Gasteiger partial charge in [0.2, 0.25) is 0 Å². The van der Waals surface area contributed by atoms with E-state index in [4.69, 9.17) is 15.5 Å². The molecule has 0 unspecified atom stereocenters. The van der Waals surface area contributed by atoms with Gasteiger partial charge in [-0.1, -0.05) is 60.7 Å². The van der Waals surface area contributed by atoms with Crippen LogP contribution in [-0.2, 0) is 4.43 Å². The van der Waals surface area contributed by atoms with Crippen molar-refractivity contribution in [3.8, 4) is 0 Å². The number of benzene rings is 2. The van der Waals surface area contributed by atoms with E-state index in [2.05, 4.69) is 74.5 Å². The molecule has 0 amide bonds. The van der Waals surface area contributed by atoms with Crippen LogP contribution in [0.15, 0.2) is 60.7 Å². The first-order chi connectivity index (χ1) is 10.6. The SMILES string of the molecule is CC(C)O[Si]1(Cl)[C@@H](c2ccccc2)CC[C@@H]1c1ccccc1. The van der Waals surface area contributed by atoms with Gasteiger partial charge in [0.1, 0.15) is 0 Å². The zero-order valence-electron chi connectivity index (χ0n) is 13.2. The van der Waals surface area contributed by atoms with Crippen LogP contribution in [0.1, 0.15) is 48.9 Å². The summed E-state index contributed by atoms with van der Waals surface area (Å²) >= 11 is 7.28. The lowest BCUT2D eigenvalue weighted by atomic mass is 10.0. The first-order valence-corrected chi connectivity index (χ1v) is 11.2. The highest BCUT2D eigenvalue weighted by Crippen LogP contribution is 2.52. The molecule has 3 heteroatoms. The Morgan fingerprint density at radius 3 is 1.64 bits per heavy atom. The Morgan fingerprint density at radius 2 is 1.27 bits per heavy atom. The lowest BCUT2D eigenvalue weighted by Gasteiger charge is -2.34. The molecule has 116 valence electrons. The van der Waals surface area contributed by atoms with Crippen LogP contribution in [0, 0.1) is 0 Å². The highest BCUT2D eigenvalue weighted by Gasteiger charge is 2.55. The van der Waals surface area contributed by atoms with Gasteiger partial charge in [-0.25, -0.2) is 0 Å². The van der Waals surface area contributed by atoms with Crippen molar-refractivity contribution in [2.45, 2.75) is 43.9 Å². The maximum absolute atomic E-state index is 7.28. The minimum atomic E-state index is -2.42. The second kappa shape index (κ2) is 6.57. The third-order valence-corrected chi connectivity index (χ3v) is 10.3. The maximum atomic E-state index is 7.28. The molecule has 0 bridgehead atoms. The third-order valence-electron chi connectivity index (χ3n) is 4.51. The summed E-state index contributed by atoms with van der Waals surface area (Å²) in [6, 6.07) is 21.3. The first kappa shape index (κ1) is 15.8. The smallest absolute Gasteiger partial charge is 0.305 e. The van der Waals surface area contributed by atoms with Gasteiger partial charge in [0, 0.05) is 17.2 Å². The molecule has 1 saturated heterocycles. The first-order valence-electron chi connectivity index (χ1n) is 8.08. The Kier molecular flexibility index (Phi) is 4.72. The lowest BCUT2D eigenvalue weighted by molar-refractivity contribution is 0.230. The van der Waals surface area contributed by atoms with Gasteiger partial charge in [0.05, 0.1) is 0 Å². The Hall–Kier alpha value is -1.09. The number of halogens is 1. The molecule has 1 fully saturated rings. The monoisotopic (exact) mass is 330 g/mol. The second-order valence-corrected chi connectivity index (χ2v) is 11.2. The number of rotatable bonds is 4. The van der Waals surface area contributed by atoms with Crippen LogP contribution in [-0.4, -0.2) is 13.7 Å². The summed E-state index contributed by atoms with van der Waals surface area (Å²) in [5.41, 5.74) is 3.40. The van der Waals surface area contributed by atoms with E-state index in [0.717, 1.165) is 12.8 Å². The maximum Gasteiger partial charge on any atom is 0.305 e. The minimum Gasteiger partial charge on any atom is -0.400 e. The molecule has 2 atom stereocenters. The van der Waals surface area contributed by atoms with Gasteiger partial charge < -0.3 is 4.43 Å². The molecule has 3 rings (SSSR count). The zero-order chi connectivity index (χ0) is 15.6. The molecular weight excluding hydrogens is 308 g/mol. The van der Waals surface area contributed by atoms with E-state index >= 15 is 0 Å². The Balaban J connectivity index is 1.99. The van der Waals surface area contributed by atoms with Crippen molar-refractivity contribution in [3.05, 3.63) is 71.8 Å². The van der Waals surface area contributed by atoms with E-state index < -0.39 is 7.63 Å². The van der Waals surface area contributed by atoms with Crippen LogP contribution in [0.25, 0.3) is 0 Å². The molecule has 2 aromatic carbocycles. The average molecular weight is 331 g/mol. The minimum absolute atomic E-state index is 0.166. The van der Waals surface area contributed by atoms with E-state index in [1.54, 1.807) is 0 Å². The molecule has 0 spiro atoms. The van der Waals surface area contributed by atoms with Gasteiger partial charge in [-0.3, -0.25) is 0 Å². The fourth-order valence-corrected chi connectivity index (χ4v) is 9.55. The number of hydrogen-bond donors (Lipinski definition) is 0. The highest BCUT2D eigenvalue weighted by atomic mass is 35.6. The Bertz CT molecular complexity index is 552. The summed E-state index contributed by atoms with van der Waals surface area (Å²) in [7, 11) is -2.42. The predicted molar refractivity (Wildman–Crippen MR) is 95.4 cm³/mol. The molecule has 0 saturated carbocycles. The molecule has 0 N–H and O–H groups in total. The van der Waals surface area contributed by atoms with Gasteiger partial charge >= 0.3 is 7.63 Å². The second-order valence-electron chi connectivity index (χ2n) is 6.37. The quantitative estimate of drug-likeness (QED) is 0.529. The van der Waals surface area contributed by atoms with Crippen molar-refractivity contribution in [1.82, 2.24) is 0 Å². The van der Waals surface area contributed by atoms with Crippen molar-refractivity contribution in [2.24, 2.45) is 0 Å². The average Bonchev–Trinajstić information content (AvgIpc) is 2.85. The van der Waals surface area contributed by atoms with Crippen LogP contribution in [0.5, 0.6) is 0 Å². The summed E-state index contributed by atoms with van der Waals surface area (Å²) in [5, 5.41) is 0. The molecule has 0 radical (unpaired) electrons. The van der Waals surface area contributed by atoms with Crippen molar-refractivity contribution in [1.29, 1.82) is 0 Å². The fourth-order valence-electron chi connectivity index (χ4n) is 3.65. The van der Waals surface area contributed by atoms with E-state index in [9.17, 15) is 0 Å². The predicted octanol–water partition coefficient (Wildman–Crippen LogP) is 5.53. The summed E-state index contributed by atoms with van der Waals surface area (Å²) in [6.45, 7) is 4.19. The van der Waals surface area contributed by atoms with E-state index in [1.807, 2.05) is 0 Å². The molecule has 1 heterocycles. The molecule has 1 aliphatic rings. The Morgan fingerprint density at radius 1 is 0.864 bits per heavy atom. The number of hydrogen-bond acceptors (Lipinski definition) is 1. The van der Waals surface area contributed by atoms with Gasteiger partial charge in [-0.15, -0.1) is 11.1 Å². The zero-order valence-corrected chi connectivity index (χ0v) is 15.0.